The lowest BCUT2D eigenvalue weighted by molar-refractivity contribution is -0.119. The van der Waals surface area contributed by atoms with Gasteiger partial charge in [-0.05, 0) is 38.0 Å². The summed E-state index contributed by atoms with van der Waals surface area (Å²) in [6.45, 7) is 2.08. The Balaban J connectivity index is 1.62. The van der Waals surface area contributed by atoms with Crippen molar-refractivity contribution in [3.63, 3.8) is 0 Å². The van der Waals surface area contributed by atoms with Gasteiger partial charge in [0.1, 0.15) is 5.76 Å². The highest BCUT2D eigenvalue weighted by molar-refractivity contribution is 7.89. The number of hydrogen-bond acceptors (Lipinski definition) is 7. The van der Waals surface area contributed by atoms with Gasteiger partial charge in [0.2, 0.25) is 10.0 Å². The van der Waals surface area contributed by atoms with Crippen LogP contribution < -0.4 is 5.32 Å². The average molecular weight is 407 g/mol. The number of piperidine rings is 1. The van der Waals surface area contributed by atoms with Gasteiger partial charge in [-0.15, -0.1) is 0 Å². The number of ether oxygens (including phenoxy) is 1. The number of sulfonamides is 1. The number of aryl methyl sites for hydroxylation is 1. The Hall–Kier alpha value is -2.72. The Morgan fingerprint density at radius 1 is 1.21 bits per heavy atom. The van der Waals surface area contributed by atoms with Crippen LogP contribution in [-0.2, 0) is 19.6 Å². The second-order valence-electron chi connectivity index (χ2n) is 6.44. The molecule has 2 aromatic rings. The van der Waals surface area contributed by atoms with Gasteiger partial charge in [0, 0.05) is 19.2 Å². The highest BCUT2D eigenvalue weighted by Crippen LogP contribution is 2.21. The molecule has 1 aliphatic heterocycles. The van der Waals surface area contributed by atoms with Crippen molar-refractivity contribution in [2.45, 2.75) is 31.1 Å². The molecule has 0 radical (unpaired) electrons. The SMILES string of the molecule is Cc1cc(NC(=O)COC(=O)c2cccc(S(=O)(=O)N3CCCCC3)c2)no1. The first-order valence-corrected chi connectivity index (χ1v) is 10.3. The van der Waals surface area contributed by atoms with Crippen LogP contribution in [0.25, 0.3) is 0 Å². The maximum absolute atomic E-state index is 12.7. The van der Waals surface area contributed by atoms with E-state index >= 15 is 0 Å². The van der Waals surface area contributed by atoms with Crippen LogP contribution in [0.2, 0.25) is 0 Å². The molecule has 3 rings (SSSR count). The Labute approximate surface area is 162 Å². The first-order valence-electron chi connectivity index (χ1n) is 8.87. The van der Waals surface area contributed by atoms with E-state index in [1.165, 1.54) is 34.6 Å². The summed E-state index contributed by atoms with van der Waals surface area (Å²) in [6.07, 6.45) is 2.65. The smallest absolute Gasteiger partial charge is 0.338 e. The fraction of sp³-hybridized carbons (Fsp3) is 0.389. The molecule has 28 heavy (non-hydrogen) atoms. The Morgan fingerprint density at radius 2 is 1.96 bits per heavy atom. The van der Waals surface area contributed by atoms with E-state index in [-0.39, 0.29) is 16.3 Å². The fourth-order valence-corrected chi connectivity index (χ4v) is 4.42. The molecule has 1 amide bonds. The first-order chi connectivity index (χ1) is 13.4. The summed E-state index contributed by atoms with van der Waals surface area (Å²) in [5.74, 6) is -0.631. The topological polar surface area (TPSA) is 119 Å². The summed E-state index contributed by atoms with van der Waals surface area (Å²) in [5, 5.41) is 6.03. The van der Waals surface area contributed by atoms with Crippen LogP contribution in [0.15, 0.2) is 39.8 Å². The van der Waals surface area contributed by atoms with Crippen molar-refractivity contribution in [3.8, 4) is 0 Å². The quantitative estimate of drug-likeness (QED) is 0.727. The van der Waals surface area contributed by atoms with Crippen molar-refractivity contribution in [1.29, 1.82) is 0 Å². The lowest BCUT2D eigenvalue weighted by atomic mass is 10.2. The highest BCUT2D eigenvalue weighted by atomic mass is 32.2. The Kier molecular flexibility index (Phi) is 6.10. The Bertz CT molecular complexity index is 963. The molecule has 1 aromatic carbocycles. The third-order valence-electron chi connectivity index (χ3n) is 4.25. The predicted octanol–water partition coefficient (Wildman–Crippen LogP) is 1.95. The molecule has 10 heteroatoms. The minimum atomic E-state index is -3.66. The molecule has 1 fully saturated rings. The number of aromatic nitrogens is 1. The number of esters is 1. The van der Waals surface area contributed by atoms with Gasteiger partial charge in [-0.3, -0.25) is 4.79 Å². The molecule has 0 bridgehead atoms. The predicted molar refractivity (Wildman–Crippen MR) is 99.2 cm³/mol. The maximum Gasteiger partial charge on any atom is 0.338 e. The number of nitrogens with one attached hydrogen (secondary N) is 1. The summed E-state index contributed by atoms with van der Waals surface area (Å²) in [6, 6.07) is 7.16. The number of nitrogens with zero attached hydrogens (tertiary/aromatic N) is 2. The Morgan fingerprint density at radius 3 is 2.64 bits per heavy atom. The summed E-state index contributed by atoms with van der Waals surface area (Å²) in [4.78, 5) is 24.1. The molecule has 0 unspecified atom stereocenters. The van der Waals surface area contributed by atoms with Crippen LogP contribution >= 0.6 is 0 Å². The minimum absolute atomic E-state index is 0.0337. The van der Waals surface area contributed by atoms with Crippen LogP contribution in [-0.4, -0.2) is 49.5 Å². The molecule has 9 nitrogen and oxygen atoms in total. The number of rotatable bonds is 6. The zero-order chi connectivity index (χ0) is 20.1. The zero-order valence-electron chi connectivity index (χ0n) is 15.4. The number of amides is 1. The molecule has 1 aromatic heterocycles. The number of carbonyl (C=O) groups is 2. The fourth-order valence-electron chi connectivity index (χ4n) is 2.86. The van der Waals surface area contributed by atoms with Crippen LogP contribution in [0, 0.1) is 6.92 Å². The summed E-state index contributed by atoms with van der Waals surface area (Å²) in [5.41, 5.74) is 0.0585. The van der Waals surface area contributed by atoms with Crippen LogP contribution in [0.3, 0.4) is 0 Å². The van der Waals surface area contributed by atoms with Gasteiger partial charge in [-0.2, -0.15) is 4.31 Å². The summed E-state index contributed by atoms with van der Waals surface area (Å²) >= 11 is 0. The second-order valence-corrected chi connectivity index (χ2v) is 8.38. The molecular weight excluding hydrogens is 386 g/mol. The lowest BCUT2D eigenvalue weighted by Crippen LogP contribution is -2.35. The van der Waals surface area contributed by atoms with E-state index in [0.717, 1.165) is 19.3 Å². The molecule has 0 atom stereocenters. The number of hydrogen-bond donors (Lipinski definition) is 1. The normalized spacial score (nSPS) is 15.2. The molecule has 0 saturated carbocycles. The number of carbonyl (C=O) groups excluding carboxylic acids is 2. The largest absolute Gasteiger partial charge is 0.452 e. The number of anilines is 1. The van der Waals surface area contributed by atoms with Crippen molar-refractivity contribution >= 4 is 27.7 Å². The summed E-state index contributed by atoms with van der Waals surface area (Å²) < 4.78 is 36.7. The van der Waals surface area contributed by atoms with Gasteiger partial charge >= 0.3 is 5.97 Å². The van der Waals surface area contributed by atoms with Gasteiger partial charge in [0.25, 0.3) is 5.91 Å². The molecule has 1 N–H and O–H groups in total. The third kappa shape index (κ3) is 4.76. The maximum atomic E-state index is 12.7. The number of benzene rings is 1. The molecule has 0 aliphatic carbocycles. The molecule has 0 spiro atoms. The van der Waals surface area contributed by atoms with Crippen molar-refractivity contribution in [2.75, 3.05) is 25.0 Å². The van der Waals surface area contributed by atoms with Gasteiger partial charge in [-0.1, -0.05) is 17.6 Å². The van der Waals surface area contributed by atoms with Gasteiger partial charge in [0.15, 0.2) is 12.4 Å². The zero-order valence-corrected chi connectivity index (χ0v) is 16.2. The molecule has 2 heterocycles. The lowest BCUT2D eigenvalue weighted by Gasteiger charge is -2.25. The van der Waals surface area contributed by atoms with Crippen molar-refractivity contribution in [2.24, 2.45) is 0 Å². The van der Waals surface area contributed by atoms with Gasteiger partial charge < -0.3 is 14.6 Å². The average Bonchev–Trinajstić information content (AvgIpc) is 3.11. The monoisotopic (exact) mass is 407 g/mol. The minimum Gasteiger partial charge on any atom is -0.452 e. The molecule has 1 aliphatic rings. The summed E-state index contributed by atoms with van der Waals surface area (Å²) in [7, 11) is -3.66. The van der Waals surface area contributed by atoms with E-state index in [1.54, 1.807) is 6.92 Å². The van der Waals surface area contributed by atoms with Gasteiger partial charge in [0.05, 0.1) is 10.5 Å². The van der Waals surface area contributed by atoms with E-state index < -0.39 is 28.5 Å². The standard InChI is InChI=1S/C18H21N3O6S/c1-13-10-16(20-27-13)19-17(22)12-26-18(23)14-6-5-7-15(11-14)28(24,25)21-8-3-2-4-9-21/h5-7,10-11H,2-4,8-9,12H2,1H3,(H,19,20,22). The second kappa shape index (κ2) is 8.53. The van der Waals surface area contributed by atoms with Crippen LogP contribution in [0.4, 0.5) is 5.82 Å². The van der Waals surface area contributed by atoms with E-state index in [0.29, 0.717) is 18.8 Å². The third-order valence-corrected chi connectivity index (χ3v) is 6.15. The van der Waals surface area contributed by atoms with E-state index in [9.17, 15) is 18.0 Å². The van der Waals surface area contributed by atoms with Gasteiger partial charge in [-0.25, -0.2) is 13.2 Å². The first kappa shape index (κ1) is 20.0. The van der Waals surface area contributed by atoms with E-state index in [1.807, 2.05) is 0 Å². The molecular formula is C18H21N3O6S. The molecule has 150 valence electrons. The highest BCUT2D eigenvalue weighted by Gasteiger charge is 2.26. The van der Waals surface area contributed by atoms with Crippen LogP contribution in [0.5, 0.6) is 0 Å². The van der Waals surface area contributed by atoms with E-state index in [2.05, 4.69) is 10.5 Å². The van der Waals surface area contributed by atoms with Crippen LogP contribution in [0.1, 0.15) is 35.4 Å². The van der Waals surface area contributed by atoms with Crippen molar-refractivity contribution in [1.82, 2.24) is 9.46 Å². The molecule has 1 saturated heterocycles. The van der Waals surface area contributed by atoms with Crippen molar-refractivity contribution in [3.05, 3.63) is 41.7 Å². The van der Waals surface area contributed by atoms with Crippen molar-refractivity contribution < 1.29 is 27.3 Å². The van der Waals surface area contributed by atoms with E-state index in [4.69, 9.17) is 9.26 Å².